The van der Waals surface area contributed by atoms with E-state index >= 15 is 0 Å². The van der Waals surface area contributed by atoms with Crippen LogP contribution in [0.4, 0.5) is 8.78 Å². The Hall–Kier alpha value is -3.29. The van der Waals surface area contributed by atoms with E-state index in [2.05, 4.69) is 10.3 Å². The average Bonchev–Trinajstić information content (AvgIpc) is 3.06. The molecule has 4 rings (SSSR count). The molecule has 0 bridgehead atoms. The van der Waals surface area contributed by atoms with Crippen molar-refractivity contribution in [3.63, 3.8) is 0 Å². The highest BCUT2D eigenvalue weighted by atomic mass is 19.1. The first kappa shape index (κ1) is 19.0. The standard InChI is InChI=1S/C21H20F2N4O2/c1-12(2)26-7-8-27-18-6-4-13(9-17(18)25-19(27)21(26)29)20(28)24-11-14-3-5-15(22)10-16(14)23/h3-6,9-10,12H,7-8,11H2,1-2H3,(H,24,28). The molecule has 0 fully saturated rings. The van der Waals surface area contributed by atoms with Crippen molar-refractivity contribution in [1.82, 2.24) is 19.8 Å². The monoisotopic (exact) mass is 398 g/mol. The van der Waals surface area contributed by atoms with Crippen molar-refractivity contribution >= 4 is 22.8 Å². The topological polar surface area (TPSA) is 67.2 Å². The van der Waals surface area contributed by atoms with Crippen molar-refractivity contribution < 1.29 is 18.4 Å². The fourth-order valence-corrected chi connectivity index (χ4v) is 3.53. The lowest BCUT2D eigenvalue weighted by molar-refractivity contribution is 0.0643. The molecule has 0 saturated heterocycles. The summed E-state index contributed by atoms with van der Waals surface area (Å²) in [6.07, 6.45) is 0. The first-order valence-electron chi connectivity index (χ1n) is 9.38. The Morgan fingerprint density at radius 2 is 1.97 bits per heavy atom. The molecule has 2 amide bonds. The number of benzene rings is 2. The number of nitrogens with one attached hydrogen (secondary N) is 1. The second kappa shape index (κ2) is 7.27. The van der Waals surface area contributed by atoms with Crippen LogP contribution in [0.5, 0.6) is 0 Å². The van der Waals surface area contributed by atoms with Crippen molar-refractivity contribution in [2.24, 2.45) is 0 Å². The van der Waals surface area contributed by atoms with Crippen molar-refractivity contribution in [2.45, 2.75) is 33.0 Å². The van der Waals surface area contributed by atoms with Gasteiger partial charge in [-0.1, -0.05) is 6.07 Å². The van der Waals surface area contributed by atoms with Crippen LogP contribution >= 0.6 is 0 Å². The first-order valence-corrected chi connectivity index (χ1v) is 9.38. The predicted molar refractivity (Wildman–Crippen MR) is 103 cm³/mol. The number of amides is 2. The van der Waals surface area contributed by atoms with E-state index < -0.39 is 17.5 Å². The minimum absolute atomic E-state index is 0.0650. The van der Waals surface area contributed by atoms with Crippen molar-refractivity contribution in [2.75, 3.05) is 6.54 Å². The number of carbonyl (C=O) groups is 2. The molecule has 0 unspecified atom stereocenters. The third kappa shape index (κ3) is 3.46. The third-order valence-corrected chi connectivity index (χ3v) is 5.10. The second-order valence-electron chi connectivity index (χ2n) is 7.30. The summed E-state index contributed by atoms with van der Waals surface area (Å²) in [5.41, 5.74) is 1.89. The van der Waals surface area contributed by atoms with Crippen LogP contribution in [0, 0.1) is 11.6 Å². The van der Waals surface area contributed by atoms with Gasteiger partial charge in [-0.05, 0) is 38.1 Å². The van der Waals surface area contributed by atoms with E-state index in [0.717, 1.165) is 17.6 Å². The molecule has 1 N–H and O–H groups in total. The molecular weight excluding hydrogens is 378 g/mol. The highest BCUT2D eigenvalue weighted by Crippen LogP contribution is 2.23. The fraction of sp³-hybridized carbons (Fsp3) is 0.286. The summed E-state index contributed by atoms with van der Waals surface area (Å²) in [6.45, 7) is 5.11. The summed E-state index contributed by atoms with van der Waals surface area (Å²) >= 11 is 0. The van der Waals surface area contributed by atoms with Gasteiger partial charge in [0.1, 0.15) is 11.6 Å². The normalized spacial score (nSPS) is 13.8. The van der Waals surface area contributed by atoms with Gasteiger partial charge in [0.05, 0.1) is 11.0 Å². The summed E-state index contributed by atoms with van der Waals surface area (Å²) in [5.74, 6) is -1.55. The molecule has 0 aliphatic carbocycles. The average molecular weight is 398 g/mol. The van der Waals surface area contributed by atoms with Gasteiger partial charge < -0.3 is 14.8 Å². The Bertz CT molecular complexity index is 1120. The molecule has 8 heteroatoms. The molecule has 0 spiro atoms. The van der Waals surface area contributed by atoms with Crippen molar-refractivity contribution in [1.29, 1.82) is 0 Å². The molecule has 150 valence electrons. The smallest absolute Gasteiger partial charge is 0.290 e. The number of carbonyl (C=O) groups excluding carboxylic acids is 2. The molecule has 2 heterocycles. The van der Waals surface area contributed by atoms with Crippen LogP contribution in [0.3, 0.4) is 0 Å². The number of nitrogens with zero attached hydrogens (tertiary/aromatic N) is 3. The molecule has 3 aromatic rings. The molecule has 2 aromatic carbocycles. The lowest BCUT2D eigenvalue weighted by Crippen LogP contribution is -2.44. The number of hydrogen-bond acceptors (Lipinski definition) is 3. The first-order chi connectivity index (χ1) is 13.8. The van der Waals surface area contributed by atoms with Gasteiger partial charge >= 0.3 is 0 Å². The van der Waals surface area contributed by atoms with E-state index in [1.165, 1.54) is 6.07 Å². The van der Waals surface area contributed by atoms with E-state index in [1.807, 2.05) is 18.4 Å². The van der Waals surface area contributed by atoms with E-state index in [1.54, 1.807) is 23.1 Å². The number of hydrogen-bond donors (Lipinski definition) is 1. The summed E-state index contributed by atoms with van der Waals surface area (Å²) in [7, 11) is 0. The van der Waals surface area contributed by atoms with Crippen LogP contribution in [-0.4, -0.2) is 38.9 Å². The summed E-state index contributed by atoms with van der Waals surface area (Å²) in [4.78, 5) is 31.3. The quantitative estimate of drug-likeness (QED) is 0.734. The number of fused-ring (bicyclic) bond motifs is 3. The van der Waals surface area contributed by atoms with Gasteiger partial charge in [-0.15, -0.1) is 0 Å². The van der Waals surface area contributed by atoms with Crippen molar-refractivity contribution in [3.05, 3.63) is 65.0 Å². The van der Waals surface area contributed by atoms with E-state index in [9.17, 15) is 18.4 Å². The van der Waals surface area contributed by atoms with Crippen LogP contribution in [0.25, 0.3) is 11.0 Å². The number of halogens is 2. The Kier molecular flexibility index (Phi) is 4.77. The fourth-order valence-electron chi connectivity index (χ4n) is 3.53. The largest absolute Gasteiger partial charge is 0.348 e. The second-order valence-corrected chi connectivity index (χ2v) is 7.30. The Morgan fingerprint density at radius 1 is 1.17 bits per heavy atom. The SMILES string of the molecule is CC(C)N1CCn2c(nc3cc(C(=O)NCc4ccc(F)cc4F)ccc32)C1=O. The van der Waals surface area contributed by atoms with Gasteiger partial charge in [0.2, 0.25) is 0 Å². The Labute approximate surface area is 166 Å². The predicted octanol–water partition coefficient (Wildman–Crippen LogP) is 3.11. The lowest BCUT2D eigenvalue weighted by Gasteiger charge is -2.30. The summed E-state index contributed by atoms with van der Waals surface area (Å²) in [6, 6.07) is 8.33. The van der Waals surface area contributed by atoms with Gasteiger partial charge in [-0.3, -0.25) is 9.59 Å². The lowest BCUT2D eigenvalue weighted by atomic mass is 10.1. The molecule has 0 radical (unpaired) electrons. The highest BCUT2D eigenvalue weighted by Gasteiger charge is 2.29. The van der Waals surface area contributed by atoms with Crippen LogP contribution in [-0.2, 0) is 13.1 Å². The van der Waals surface area contributed by atoms with Crippen LogP contribution < -0.4 is 5.32 Å². The number of aromatic nitrogens is 2. The van der Waals surface area contributed by atoms with Crippen LogP contribution in [0.1, 0.15) is 40.4 Å². The summed E-state index contributed by atoms with van der Waals surface area (Å²) in [5, 5.41) is 2.62. The van der Waals surface area contributed by atoms with Gasteiger partial charge in [0.15, 0.2) is 5.82 Å². The molecule has 29 heavy (non-hydrogen) atoms. The van der Waals surface area contributed by atoms with Gasteiger partial charge in [0.25, 0.3) is 11.8 Å². The zero-order valence-electron chi connectivity index (χ0n) is 16.1. The van der Waals surface area contributed by atoms with Crippen LogP contribution in [0.15, 0.2) is 36.4 Å². The maximum Gasteiger partial charge on any atom is 0.290 e. The molecule has 0 atom stereocenters. The minimum Gasteiger partial charge on any atom is -0.348 e. The van der Waals surface area contributed by atoms with E-state index in [4.69, 9.17) is 0 Å². The number of imidazole rings is 1. The maximum absolute atomic E-state index is 13.7. The van der Waals surface area contributed by atoms with Crippen LogP contribution in [0.2, 0.25) is 0 Å². The molecular formula is C21H20F2N4O2. The Morgan fingerprint density at radius 3 is 2.69 bits per heavy atom. The zero-order chi connectivity index (χ0) is 20.7. The van der Waals surface area contributed by atoms with Gasteiger partial charge in [-0.25, -0.2) is 13.8 Å². The van der Waals surface area contributed by atoms with Gasteiger partial charge in [0, 0.05) is 42.9 Å². The van der Waals surface area contributed by atoms with E-state index in [-0.39, 0.29) is 24.1 Å². The van der Waals surface area contributed by atoms with E-state index in [0.29, 0.717) is 30.0 Å². The highest BCUT2D eigenvalue weighted by molar-refractivity contribution is 6.00. The maximum atomic E-state index is 13.7. The minimum atomic E-state index is -0.712. The molecule has 1 aromatic heterocycles. The molecule has 1 aliphatic heterocycles. The third-order valence-electron chi connectivity index (χ3n) is 5.10. The van der Waals surface area contributed by atoms with Gasteiger partial charge in [-0.2, -0.15) is 0 Å². The zero-order valence-corrected chi connectivity index (χ0v) is 16.1. The number of rotatable bonds is 4. The van der Waals surface area contributed by atoms with Crippen molar-refractivity contribution in [3.8, 4) is 0 Å². The molecule has 6 nitrogen and oxygen atoms in total. The molecule has 1 aliphatic rings. The Balaban J connectivity index is 1.56. The molecule has 0 saturated carbocycles. The summed E-state index contributed by atoms with van der Waals surface area (Å²) < 4.78 is 28.6.